The zero-order chi connectivity index (χ0) is 34.5. The Kier molecular flexibility index (Phi) is 9.81. The van der Waals surface area contributed by atoms with Crippen molar-refractivity contribution in [2.75, 3.05) is 57.2 Å². The summed E-state index contributed by atoms with van der Waals surface area (Å²) in [5.41, 5.74) is 3.03. The van der Waals surface area contributed by atoms with Crippen molar-refractivity contribution in [1.82, 2.24) is 19.8 Å². The molecule has 0 saturated carbocycles. The van der Waals surface area contributed by atoms with Crippen LogP contribution in [0, 0.1) is 5.82 Å². The van der Waals surface area contributed by atoms with E-state index in [9.17, 15) is 9.59 Å². The predicted octanol–water partition coefficient (Wildman–Crippen LogP) is 5.96. The molecule has 1 unspecified atom stereocenters. The maximum atomic E-state index is 15.6. The number of anilines is 3. The van der Waals surface area contributed by atoms with Gasteiger partial charge in [-0.05, 0) is 47.9 Å². The minimum atomic E-state index is -0.964. The average molecular weight is 677 g/mol. The highest BCUT2D eigenvalue weighted by atomic mass is 19.1. The van der Waals surface area contributed by atoms with Gasteiger partial charge in [-0.25, -0.2) is 14.4 Å². The van der Waals surface area contributed by atoms with Crippen LogP contribution in [-0.4, -0.2) is 78.1 Å². The van der Waals surface area contributed by atoms with E-state index >= 15 is 4.39 Å². The lowest BCUT2D eigenvalue weighted by atomic mass is 10.0. The number of hydrogen-bond donors (Lipinski definition) is 2. The van der Waals surface area contributed by atoms with Gasteiger partial charge in [0, 0.05) is 48.9 Å². The third-order valence-electron chi connectivity index (χ3n) is 8.92. The largest absolute Gasteiger partial charge is 0.493 e. The number of carbonyl (C=O) groups excluding carboxylic acids is 2. The number of hydrogen-bond acceptors (Lipinski definition) is 9. The molecule has 3 heterocycles. The van der Waals surface area contributed by atoms with E-state index in [1.807, 2.05) is 24.3 Å². The summed E-state index contributed by atoms with van der Waals surface area (Å²) < 4.78 is 32.7. The molecule has 1 saturated heterocycles. The molecule has 50 heavy (non-hydrogen) atoms. The minimum absolute atomic E-state index is 0.0179. The molecule has 12 heteroatoms. The highest BCUT2D eigenvalue weighted by Gasteiger charge is 2.37. The monoisotopic (exact) mass is 676 g/mol. The first-order chi connectivity index (χ1) is 24.5. The molecule has 0 bridgehead atoms. The van der Waals surface area contributed by atoms with Gasteiger partial charge in [-0.2, -0.15) is 0 Å². The molecule has 1 fully saturated rings. The normalized spacial score (nSPS) is 15.1. The Bertz CT molecular complexity index is 2010. The van der Waals surface area contributed by atoms with E-state index < -0.39 is 17.8 Å². The molecule has 1 aromatic heterocycles. The quantitative estimate of drug-likeness (QED) is 0.155. The van der Waals surface area contributed by atoms with Crippen molar-refractivity contribution in [2.24, 2.45) is 0 Å². The van der Waals surface area contributed by atoms with Crippen LogP contribution in [0.4, 0.5) is 21.6 Å². The fourth-order valence-corrected chi connectivity index (χ4v) is 6.36. The maximum Gasteiger partial charge on any atom is 0.255 e. The van der Waals surface area contributed by atoms with Gasteiger partial charge in [0.25, 0.3) is 11.8 Å². The van der Waals surface area contributed by atoms with Crippen LogP contribution in [0.3, 0.4) is 0 Å². The van der Waals surface area contributed by atoms with Crippen LogP contribution < -0.4 is 20.1 Å². The van der Waals surface area contributed by atoms with Crippen molar-refractivity contribution in [3.63, 3.8) is 0 Å². The second-order valence-electron chi connectivity index (χ2n) is 12.1. The summed E-state index contributed by atoms with van der Waals surface area (Å²) in [4.78, 5) is 39.8. The lowest BCUT2D eigenvalue weighted by Gasteiger charge is -2.27. The Morgan fingerprint density at radius 1 is 0.980 bits per heavy atom. The first kappa shape index (κ1) is 32.9. The number of fused-ring (bicyclic) bond motifs is 2. The zero-order valence-electron chi connectivity index (χ0n) is 27.6. The van der Waals surface area contributed by atoms with E-state index in [-0.39, 0.29) is 18.1 Å². The van der Waals surface area contributed by atoms with E-state index in [0.29, 0.717) is 51.6 Å². The van der Waals surface area contributed by atoms with Crippen LogP contribution >= 0.6 is 0 Å². The van der Waals surface area contributed by atoms with Crippen LogP contribution in [0.1, 0.15) is 33.9 Å². The predicted molar refractivity (Wildman–Crippen MR) is 187 cm³/mol. The Balaban J connectivity index is 1.07. The number of carbonyl (C=O) groups is 2. The molecule has 0 aliphatic carbocycles. The Morgan fingerprint density at radius 2 is 1.78 bits per heavy atom. The van der Waals surface area contributed by atoms with Crippen LogP contribution in [0.2, 0.25) is 0 Å². The number of methoxy groups -OCH3 is 1. The summed E-state index contributed by atoms with van der Waals surface area (Å²) in [6.45, 7) is 5.02. The van der Waals surface area contributed by atoms with E-state index in [2.05, 4.69) is 25.5 Å². The summed E-state index contributed by atoms with van der Waals surface area (Å²) in [5, 5.41) is 6.56. The van der Waals surface area contributed by atoms with Gasteiger partial charge < -0.3 is 29.7 Å². The summed E-state index contributed by atoms with van der Waals surface area (Å²) in [5.74, 6) is 0.120. The smallest absolute Gasteiger partial charge is 0.255 e. The number of aromatic nitrogens is 2. The van der Waals surface area contributed by atoms with Gasteiger partial charge in [0.2, 0.25) is 0 Å². The SMILES string of the molecule is COc1cc2ncnc(Nc3ccc(NC(=O)C(c4ccccc4)N4Cc5ccccc5C4=O)c(F)c3)c2cc1OCCCN1CCOCC1. The summed E-state index contributed by atoms with van der Waals surface area (Å²) >= 11 is 0. The molecule has 0 spiro atoms. The number of amides is 2. The molecule has 2 N–H and O–H groups in total. The summed E-state index contributed by atoms with van der Waals surface area (Å²) in [6.07, 6.45) is 2.26. The third kappa shape index (κ3) is 7.07. The molecule has 1 atom stereocenters. The van der Waals surface area contributed by atoms with Crippen molar-refractivity contribution in [1.29, 1.82) is 0 Å². The molecular weight excluding hydrogens is 639 g/mol. The molecule has 256 valence electrons. The van der Waals surface area contributed by atoms with Crippen LogP contribution in [0.25, 0.3) is 10.9 Å². The number of morpholine rings is 1. The first-order valence-electron chi connectivity index (χ1n) is 16.6. The van der Waals surface area contributed by atoms with Gasteiger partial charge in [-0.1, -0.05) is 48.5 Å². The standard InChI is InChI=1S/C38H37FN6O5/c1-48-33-22-32-29(21-34(33)50-17-7-14-44-15-18-49-19-16-44)36(41-24-40-32)42-27-12-13-31(30(39)20-27)43-37(46)35(25-8-3-2-4-9-25)45-23-26-10-5-6-11-28(26)38(45)47/h2-6,8-13,20-22,24,35H,7,14-19,23H2,1H3,(H,43,46)(H,40,41,42). The number of ether oxygens (including phenoxy) is 3. The van der Waals surface area contributed by atoms with E-state index in [1.165, 1.54) is 23.4 Å². The van der Waals surface area contributed by atoms with Gasteiger partial charge in [0.1, 0.15) is 24.0 Å². The van der Waals surface area contributed by atoms with Crippen molar-refractivity contribution in [2.45, 2.75) is 19.0 Å². The second-order valence-corrected chi connectivity index (χ2v) is 12.1. The summed E-state index contributed by atoms with van der Waals surface area (Å²) in [7, 11) is 1.58. The van der Waals surface area contributed by atoms with Crippen LogP contribution in [-0.2, 0) is 16.1 Å². The Morgan fingerprint density at radius 3 is 2.56 bits per heavy atom. The number of rotatable bonds is 12. The fraction of sp³-hybridized carbons (Fsp3) is 0.263. The van der Waals surface area contributed by atoms with Gasteiger partial charge in [0.05, 0.1) is 38.1 Å². The number of halogens is 1. The molecule has 2 aliphatic heterocycles. The lowest BCUT2D eigenvalue weighted by Crippen LogP contribution is -2.37. The van der Waals surface area contributed by atoms with Crippen LogP contribution in [0.15, 0.2) is 91.3 Å². The summed E-state index contributed by atoms with van der Waals surface area (Å²) in [6, 6.07) is 23.3. The van der Waals surface area contributed by atoms with Gasteiger partial charge >= 0.3 is 0 Å². The van der Waals surface area contributed by atoms with Gasteiger partial charge in [0.15, 0.2) is 11.5 Å². The molecule has 4 aromatic carbocycles. The maximum absolute atomic E-state index is 15.6. The fourth-order valence-electron chi connectivity index (χ4n) is 6.36. The zero-order valence-corrected chi connectivity index (χ0v) is 27.6. The average Bonchev–Trinajstić information content (AvgIpc) is 3.47. The first-order valence-corrected chi connectivity index (χ1v) is 16.6. The van der Waals surface area contributed by atoms with Crippen molar-refractivity contribution >= 4 is 39.9 Å². The second kappa shape index (κ2) is 14.9. The van der Waals surface area contributed by atoms with Gasteiger partial charge in [-0.3, -0.25) is 14.5 Å². The Labute approximate surface area is 289 Å². The van der Waals surface area contributed by atoms with E-state index in [0.717, 1.165) is 44.8 Å². The van der Waals surface area contributed by atoms with E-state index in [1.54, 1.807) is 55.6 Å². The highest BCUT2D eigenvalue weighted by Crippen LogP contribution is 2.36. The van der Waals surface area contributed by atoms with E-state index in [4.69, 9.17) is 14.2 Å². The van der Waals surface area contributed by atoms with Crippen molar-refractivity contribution < 1.29 is 28.2 Å². The Hall–Kier alpha value is -5.59. The molecular formula is C38H37FN6O5. The lowest BCUT2D eigenvalue weighted by molar-refractivity contribution is -0.120. The van der Waals surface area contributed by atoms with Gasteiger partial charge in [-0.15, -0.1) is 0 Å². The highest BCUT2D eigenvalue weighted by molar-refractivity contribution is 6.04. The molecule has 2 amide bonds. The number of nitrogens with one attached hydrogen (secondary N) is 2. The minimum Gasteiger partial charge on any atom is -0.493 e. The molecule has 0 radical (unpaired) electrons. The van der Waals surface area contributed by atoms with Crippen LogP contribution in [0.5, 0.6) is 11.5 Å². The topological polar surface area (TPSA) is 118 Å². The molecule has 7 rings (SSSR count). The molecule has 5 aromatic rings. The number of nitrogens with zero attached hydrogens (tertiary/aromatic N) is 4. The third-order valence-corrected chi connectivity index (χ3v) is 8.92. The molecule has 2 aliphatic rings. The van der Waals surface area contributed by atoms with Crippen molar-refractivity contribution in [3.8, 4) is 11.5 Å². The number of benzene rings is 4. The molecule has 11 nitrogen and oxygen atoms in total. The van der Waals surface area contributed by atoms with Crippen molar-refractivity contribution in [3.05, 3.63) is 114 Å².